The van der Waals surface area contributed by atoms with E-state index in [2.05, 4.69) is 5.32 Å². The minimum atomic E-state index is -0.585. The van der Waals surface area contributed by atoms with Gasteiger partial charge in [-0.2, -0.15) is 0 Å². The third-order valence-corrected chi connectivity index (χ3v) is 6.04. The Hall–Kier alpha value is -0.420. The first-order valence-corrected chi connectivity index (χ1v) is 8.91. The molecule has 1 aromatic rings. The van der Waals surface area contributed by atoms with E-state index in [0.29, 0.717) is 27.8 Å². The predicted octanol–water partition coefficient (Wildman–Crippen LogP) is 3.47. The maximum atomic E-state index is 12.1. The third kappa shape index (κ3) is 3.50. The molecule has 0 spiro atoms. The summed E-state index contributed by atoms with van der Waals surface area (Å²) in [5.41, 5.74) is 5.16. The number of benzene rings is 1. The number of hydrogen-bond acceptors (Lipinski definition) is 3. The maximum absolute atomic E-state index is 12.1. The summed E-state index contributed by atoms with van der Waals surface area (Å²) in [6, 6.07) is 6.00. The van der Waals surface area contributed by atoms with Crippen LogP contribution in [0.5, 0.6) is 0 Å². The Labute approximate surface area is 138 Å². The van der Waals surface area contributed by atoms with Gasteiger partial charge in [-0.1, -0.05) is 23.2 Å². The normalized spacial score (nSPS) is 21.0. The lowest BCUT2D eigenvalue weighted by molar-refractivity contribution is -0.124. The molecule has 1 atom stereocenters. The van der Waals surface area contributed by atoms with E-state index in [9.17, 15) is 4.79 Å². The van der Waals surface area contributed by atoms with Gasteiger partial charge >= 0.3 is 0 Å². The highest BCUT2D eigenvalue weighted by Gasteiger charge is 2.51. The summed E-state index contributed by atoms with van der Waals surface area (Å²) in [4.78, 5) is 13.1. The minimum Gasteiger partial charge on any atom is -0.368 e. The van der Waals surface area contributed by atoms with Crippen molar-refractivity contribution in [2.24, 2.45) is 11.7 Å². The zero-order chi connectivity index (χ0) is 15.0. The van der Waals surface area contributed by atoms with E-state index in [4.69, 9.17) is 28.9 Å². The first-order valence-electron chi connectivity index (χ1n) is 7.17. The summed E-state index contributed by atoms with van der Waals surface area (Å²) in [6.07, 6.45) is 4.42. The number of hydrogen-bond donors (Lipinski definition) is 2. The number of primary amides is 1. The van der Waals surface area contributed by atoms with Crippen molar-refractivity contribution in [3.8, 4) is 0 Å². The number of nitrogens with two attached hydrogens (primary N) is 1. The Kier molecular flexibility index (Phi) is 4.42. The molecule has 0 aliphatic heterocycles. The molecule has 0 bridgehead atoms. The average Bonchev–Trinajstić information content (AvgIpc) is 3.31. The van der Waals surface area contributed by atoms with E-state index in [1.165, 1.54) is 0 Å². The van der Waals surface area contributed by atoms with Crippen molar-refractivity contribution >= 4 is 40.9 Å². The van der Waals surface area contributed by atoms with Crippen molar-refractivity contribution in [3.05, 3.63) is 28.2 Å². The molecule has 1 amide bonds. The SMILES string of the molecule is NC(=O)C(CSc1ccc(Cl)c(Cl)c1)(NC1CC1)C1CC1. The van der Waals surface area contributed by atoms with Crippen molar-refractivity contribution < 1.29 is 4.79 Å². The molecule has 1 aromatic carbocycles. The van der Waals surface area contributed by atoms with Crippen molar-refractivity contribution in [1.82, 2.24) is 5.32 Å². The molecule has 6 heteroatoms. The van der Waals surface area contributed by atoms with Crippen LogP contribution in [0.1, 0.15) is 25.7 Å². The fourth-order valence-electron chi connectivity index (χ4n) is 2.55. The molecule has 114 valence electrons. The van der Waals surface area contributed by atoms with Crippen LogP contribution < -0.4 is 11.1 Å². The summed E-state index contributed by atoms with van der Waals surface area (Å²) in [5.74, 6) is 0.775. The van der Waals surface area contributed by atoms with Crippen molar-refractivity contribution in [3.63, 3.8) is 0 Å². The maximum Gasteiger partial charge on any atom is 0.238 e. The molecular formula is C15H18Cl2N2OS. The van der Waals surface area contributed by atoms with Gasteiger partial charge in [0.1, 0.15) is 5.54 Å². The van der Waals surface area contributed by atoms with Gasteiger partial charge in [-0.3, -0.25) is 10.1 Å². The number of amides is 1. The predicted molar refractivity (Wildman–Crippen MR) is 88.0 cm³/mol. The Bertz CT molecular complexity index is 561. The van der Waals surface area contributed by atoms with Crippen LogP contribution in [0.4, 0.5) is 0 Å². The Morgan fingerprint density at radius 2 is 2.00 bits per heavy atom. The van der Waals surface area contributed by atoms with Crippen molar-refractivity contribution in [2.45, 2.75) is 42.2 Å². The molecule has 2 fully saturated rings. The largest absolute Gasteiger partial charge is 0.368 e. The Balaban J connectivity index is 1.74. The first-order chi connectivity index (χ1) is 10.0. The molecule has 3 nitrogen and oxygen atoms in total. The van der Waals surface area contributed by atoms with E-state index in [0.717, 1.165) is 30.6 Å². The van der Waals surface area contributed by atoms with E-state index >= 15 is 0 Å². The zero-order valence-corrected chi connectivity index (χ0v) is 13.9. The number of nitrogens with one attached hydrogen (secondary N) is 1. The van der Waals surface area contributed by atoms with Gasteiger partial charge in [0, 0.05) is 16.7 Å². The molecule has 2 aliphatic carbocycles. The van der Waals surface area contributed by atoms with E-state index in [1.54, 1.807) is 17.8 Å². The summed E-state index contributed by atoms with van der Waals surface area (Å²) >= 11 is 13.6. The second-order valence-electron chi connectivity index (χ2n) is 5.89. The molecule has 0 aromatic heterocycles. The lowest BCUT2D eigenvalue weighted by Gasteiger charge is -2.32. The first kappa shape index (κ1) is 15.5. The Morgan fingerprint density at radius 3 is 2.52 bits per heavy atom. The van der Waals surface area contributed by atoms with Gasteiger partial charge in [0.05, 0.1) is 10.0 Å². The second kappa shape index (κ2) is 5.99. The molecule has 0 radical (unpaired) electrons. The van der Waals surface area contributed by atoms with Gasteiger partial charge in [-0.15, -0.1) is 11.8 Å². The molecule has 2 aliphatic rings. The topological polar surface area (TPSA) is 55.1 Å². The molecule has 0 heterocycles. The third-order valence-electron chi connectivity index (χ3n) is 4.11. The lowest BCUT2D eigenvalue weighted by atomic mass is 9.94. The molecule has 3 N–H and O–H groups in total. The fourth-order valence-corrected chi connectivity index (χ4v) is 4.14. The van der Waals surface area contributed by atoms with Crippen LogP contribution in [0.3, 0.4) is 0 Å². The summed E-state index contributed by atoms with van der Waals surface area (Å²) < 4.78 is 0. The van der Waals surface area contributed by atoms with E-state index < -0.39 is 5.54 Å². The molecule has 0 saturated heterocycles. The molecule has 1 unspecified atom stereocenters. The van der Waals surface area contributed by atoms with Gasteiger partial charge < -0.3 is 5.73 Å². The molecular weight excluding hydrogens is 327 g/mol. The molecule has 2 saturated carbocycles. The number of thioether (sulfide) groups is 1. The van der Waals surface area contributed by atoms with Crippen molar-refractivity contribution in [2.75, 3.05) is 5.75 Å². The van der Waals surface area contributed by atoms with Crippen molar-refractivity contribution in [1.29, 1.82) is 0 Å². The fraction of sp³-hybridized carbons (Fsp3) is 0.533. The van der Waals surface area contributed by atoms with Gasteiger partial charge in [0.2, 0.25) is 5.91 Å². The smallest absolute Gasteiger partial charge is 0.238 e. The summed E-state index contributed by atoms with van der Waals surface area (Å²) in [6.45, 7) is 0. The standard InChI is InChI=1S/C15H18Cl2N2OS/c16-12-6-5-11(7-13(12)17)21-8-15(14(18)20,9-1-2-9)19-10-3-4-10/h5-7,9-10,19H,1-4,8H2,(H2,18,20). The highest BCUT2D eigenvalue weighted by molar-refractivity contribution is 7.99. The number of carbonyl (C=O) groups is 1. The van der Waals surface area contributed by atoms with Crippen LogP contribution in [-0.2, 0) is 4.79 Å². The summed E-state index contributed by atoms with van der Waals surface area (Å²) in [7, 11) is 0. The van der Waals surface area contributed by atoms with Crippen LogP contribution >= 0.6 is 35.0 Å². The number of carbonyl (C=O) groups excluding carboxylic acids is 1. The Morgan fingerprint density at radius 1 is 1.29 bits per heavy atom. The van der Waals surface area contributed by atoms with Crippen LogP contribution in [-0.4, -0.2) is 23.2 Å². The molecule has 3 rings (SSSR count). The van der Waals surface area contributed by atoms with E-state index in [1.807, 2.05) is 12.1 Å². The molecule has 21 heavy (non-hydrogen) atoms. The van der Waals surface area contributed by atoms with Crippen LogP contribution in [0, 0.1) is 5.92 Å². The van der Waals surface area contributed by atoms with Crippen LogP contribution in [0.25, 0.3) is 0 Å². The highest BCUT2D eigenvalue weighted by Crippen LogP contribution is 2.44. The second-order valence-corrected chi connectivity index (χ2v) is 7.76. The monoisotopic (exact) mass is 344 g/mol. The highest BCUT2D eigenvalue weighted by atomic mass is 35.5. The van der Waals surface area contributed by atoms with Gasteiger partial charge in [-0.05, 0) is 49.8 Å². The average molecular weight is 345 g/mol. The van der Waals surface area contributed by atoms with Gasteiger partial charge in [0.25, 0.3) is 0 Å². The zero-order valence-electron chi connectivity index (χ0n) is 11.6. The minimum absolute atomic E-state index is 0.232. The number of halogens is 2. The lowest BCUT2D eigenvalue weighted by Crippen LogP contribution is -2.60. The van der Waals surface area contributed by atoms with Crippen LogP contribution in [0.2, 0.25) is 10.0 Å². The van der Waals surface area contributed by atoms with Gasteiger partial charge in [0.15, 0.2) is 0 Å². The van der Waals surface area contributed by atoms with Crippen LogP contribution in [0.15, 0.2) is 23.1 Å². The van der Waals surface area contributed by atoms with E-state index in [-0.39, 0.29) is 5.91 Å². The quantitative estimate of drug-likeness (QED) is 0.744. The van der Waals surface area contributed by atoms with Gasteiger partial charge in [-0.25, -0.2) is 0 Å². The summed E-state index contributed by atoms with van der Waals surface area (Å²) in [5, 5.41) is 4.58. The number of rotatable bonds is 7.